The summed E-state index contributed by atoms with van der Waals surface area (Å²) in [6, 6.07) is 11.3. The summed E-state index contributed by atoms with van der Waals surface area (Å²) < 4.78 is 0. The molecule has 1 aromatic carbocycles. The number of anilines is 1. The lowest BCUT2D eigenvalue weighted by Crippen LogP contribution is -2.50. The Morgan fingerprint density at radius 2 is 1.89 bits per heavy atom. The quantitative estimate of drug-likeness (QED) is 0.787. The van der Waals surface area contributed by atoms with Crippen molar-refractivity contribution in [2.24, 2.45) is 5.92 Å². The van der Waals surface area contributed by atoms with Gasteiger partial charge in [-0.25, -0.2) is 0 Å². The third-order valence-electron chi connectivity index (χ3n) is 4.29. The fourth-order valence-corrected chi connectivity index (χ4v) is 2.82. The lowest BCUT2D eigenvalue weighted by atomic mass is 9.84. The van der Waals surface area contributed by atoms with Crippen molar-refractivity contribution in [1.29, 1.82) is 5.26 Å². The highest BCUT2D eigenvalue weighted by molar-refractivity contribution is 5.51. The fourth-order valence-electron chi connectivity index (χ4n) is 2.82. The summed E-state index contributed by atoms with van der Waals surface area (Å²) in [5.41, 5.74) is 2.76. The molecule has 1 aromatic rings. The number of piperidine rings is 1. The van der Waals surface area contributed by atoms with Crippen molar-refractivity contribution < 1.29 is 0 Å². The van der Waals surface area contributed by atoms with Crippen LogP contribution in [-0.2, 0) is 0 Å². The molecule has 102 valence electrons. The first-order chi connectivity index (χ1) is 8.94. The van der Waals surface area contributed by atoms with E-state index in [4.69, 9.17) is 5.26 Å². The van der Waals surface area contributed by atoms with E-state index in [1.807, 2.05) is 0 Å². The molecule has 1 aliphatic heterocycles. The molecular weight excluding hydrogens is 232 g/mol. The van der Waals surface area contributed by atoms with Gasteiger partial charge in [0.25, 0.3) is 0 Å². The molecule has 0 amide bonds. The van der Waals surface area contributed by atoms with Gasteiger partial charge in [-0.3, -0.25) is 0 Å². The predicted molar refractivity (Wildman–Crippen MR) is 80.3 cm³/mol. The van der Waals surface area contributed by atoms with E-state index in [0.717, 1.165) is 19.4 Å². The van der Waals surface area contributed by atoms with Crippen molar-refractivity contribution >= 4 is 5.69 Å². The average Bonchev–Trinajstić information content (AvgIpc) is 2.39. The second-order valence-electron chi connectivity index (χ2n) is 6.53. The standard InChI is InChI=1S/C17H24N2/c1-13(2)15-5-7-16(8-6-15)19-12-14(11-18)9-10-17(19,3)4/h5-8,13-14H,9-10,12H2,1-4H3. The fraction of sp³-hybridized carbons (Fsp3) is 0.588. The molecule has 0 saturated carbocycles. The van der Waals surface area contributed by atoms with Crippen LogP contribution in [0.1, 0.15) is 52.0 Å². The van der Waals surface area contributed by atoms with Crippen LogP contribution in [0, 0.1) is 17.2 Å². The molecule has 0 radical (unpaired) electrons. The van der Waals surface area contributed by atoms with Gasteiger partial charge in [0.05, 0.1) is 12.0 Å². The molecule has 1 unspecified atom stereocenters. The lowest BCUT2D eigenvalue weighted by molar-refractivity contribution is 0.325. The van der Waals surface area contributed by atoms with Crippen LogP contribution >= 0.6 is 0 Å². The smallest absolute Gasteiger partial charge is 0.0674 e. The van der Waals surface area contributed by atoms with Crippen molar-refractivity contribution in [1.82, 2.24) is 0 Å². The van der Waals surface area contributed by atoms with Crippen LogP contribution in [0.25, 0.3) is 0 Å². The SMILES string of the molecule is CC(C)c1ccc(N2CC(C#N)CCC2(C)C)cc1. The van der Waals surface area contributed by atoms with E-state index in [0.29, 0.717) is 5.92 Å². The summed E-state index contributed by atoms with van der Waals surface area (Å²) in [5.74, 6) is 0.730. The van der Waals surface area contributed by atoms with Crippen LogP contribution in [0.2, 0.25) is 0 Å². The summed E-state index contributed by atoms with van der Waals surface area (Å²) in [6.07, 6.45) is 2.10. The van der Waals surface area contributed by atoms with Gasteiger partial charge >= 0.3 is 0 Å². The minimum absolute atomic E-state index is 0.146. The van der Waals surface area contributed by atoms with Crippen molar-refractivity contribution in [3.63, 3.8) is 0 Å². The molecule has 1 atom stereocenters. The van der Waals surface area contributed by atoms with Crippen molar-refractivity contribution in [2.45, 2.75) is 52.0 Å². The van der Waals surface area contributed by atoms with E-state index in [-0.39, 0.29) is 11.5 Å². The van der Waals surface area contributed by atoms with Gasteiger partial charge in [0.1, 0.15) is 0 Å². The number of nitrogens with zero attached hydrogens (tertiary/aromatic N) is 2. The number of hydrogen-bond acceptors (Lipinski definition) is 2. The normalized spacial score (nSPS) is 22.3. The Hall–Kier alpha value is -1.49. The van der Waals surface area contributed by atoms with Gasteiger partial charge in [0.15, 0.2) is 0 Å². The topological polar surface area (TPSA) is 27.0 Å². The summed E-state index contributed by atoms with van der Waals surface area (Å²) in [6.45, 7) is 9.83. The van der Waals surface area contributed by atoms with Crippen LogP contribution in [0.4, 0.5) is 5.69 Å². The van der Waals surface area contributed by atoms with E-state index in [2.05, 4.69) is 62.9 Å². The highest BCUT2D eigenvalue weighted by atomic mass is 15.2. The molecule has 1 saturated heterocycles. The van der Waals surface area contributed by atoms with Crippen LogP contribution in [0.15, 0.2) is 24.3 Å². The van der Waals surface area contributed by atoms with Gasteiger partial charge in [0, 0.05) is 17.8 Å². The molecule has 19 heavy (non-hydrogen) atoms. The second kappa shape index (κ2) is 5.25. The van der Waals surface area contributed by atoms with E-state index >= 15 is 0 Å². The molecule has 2 nitrogen and oxygen atoms in total. The number of nitriles is 1. The van der Waals surface area contributed by atoms with Crippen molar-refractivity contribution in [2.75, 3.05) is 11.4 Å². The van der Waals surface area contributed by atoms with Crippen LogP contribution in [-0.4, -0.2) is 12.1 Å². The molecular formula is C17H24N2. The maximum absolute atomic E-state index is 9.17. The van der Waals surface area contributed by atoms with Crippen LogP contribution in [0.3, 0.4) is 0 Å². The molecule has 0 aromatic heterocycles. The second-order valence-corrected chi connectivity index (χ2v) is 6.53. The van der Waals surface area contributed by atoms with Gasteiger partial charge in [-0.2, -0.15) is 5.26 Å². The third-order valence-corrected chi connectivity index (χ3v) is 4.29. The molecule has 1 aliphatic rings. The Balaban J connectivity index is 2.25. The minimum atomic E-state index is 0.146. The van der Waals surface area contributed by atoms with E-state index < -0.39 is 0 Å². The molecule has 2 rings (SSSR count). The van der Waals surface area contributed by atoms with Gasteiger partial charge in [-0.1, -0.05) is 26.0 Å². The van der Waals surface area contributed by atoms with E-state index in [1.165, 1.54) is 11.3 Å². The first-order valence-corrected chi connectivity index (χ1v) is 7.21. The summed E-state index contributed by atoms with van der Waals surface area (Å²) in [4.78, 5) is 2.40. The summed E-state index contributed by atoms with van der Waals surface area (Å²) in [7, 11) is 0. The van der Waals surface area contributed by atoms with Gasteiger partial charge < -0.3 is 4.90 Å². The molecule has 0 aliphatic carbocycles. The predicted octanol–water partition coefficient (Wildman–Crippen LogP) is 4.33. The molecule has 0 N–H and O–H groups in total. The number of rotatable bonds is 2. The Labute approximate surface area is 117 Å². The largest absolute Gasteiger partial charge is 0.365 e. The molecule has 2 heteroatoms. The highest BCUT2D eigenvalue weighted by Gasteiger charge is 2.34. The van der Waals surface area contributed by atoms with Gasteiger partial charge in [-0.05, 0) is 50.3 Å². The van der Waals surface area contributed by atoms with Crippen LogP contribution < -0.4 is 4.90 Å². The number of benzene rings is 1. The molecule has 1 heterocycles. The van der Waals surface area contributed by atoms with Gasteiger partial charge in [0.2, 0.25) is 0 Å². The molecule has 0 spiro atoms. The zero-order valence-electron chi connectivity index (χ0n) is 12.5. The van der Waals surface area contributed by atoms with Crippen molar-refractivity contribution in [3.8, 4) is 6.07 Å². The third kappa shape index (κ3) is 2.92. The maximum atomic E-state index is 9.17. The first kappa shape index (κ1) is 13.9. The van der Waals surface area contributed by atoms with E-state index in [1.54, 1.807) is 0 Å². The summed E-state index contributed by atoms with van der Waals surface area (Å²) in [5, 5.41) is 9.17. The van der Waals surface area contributed by atoms with Crippen molar-refractivity contribution in [3.05, 3.63) is 29.8 Å². The molecule has 1 fully saturated rings. The molecule has 0 bridgehead atoms. The Kier molecular flexibility index (Phi) is 3.85. The minimum Gasteiger partial charge on any atom is -0.365 e. The number of hydrogen-bond donors (Lipinski definition) is 0. The van der Waals surface area contributed by atoms with E-state index in [9.17, 15) is 0 Å². The highest BCUT2D eigenvalue weighted by Crippen LogP contribution is 2.35. The Bertz CT molecular complexity index is 465. The van der Waals surface area contributed by atoms with Crippen LogP contribution in [0.5, 0.6) is 0 Å². The maximum Gasteiger partial charge on any atom is 0.0674 e. The summed E-state index contributed by atoms with van der Waals surface area (Å²) >= 11 is 0. The average molecular weight is 256 g/mol. The van der Waals surface area contributed by atoms with Gasteiger partial charge in [-0.15, -0.1) is 0 Å². The Morgan fingerprint density at radius 1 is 1.26 bits per heavy atom. The first-order valence-electron chi connectivity index (χ1n) is 7.21. The lowest BCUT2D eigenvalue weighted by Gasteiger charge is -2.45. The monoisotopic (exact) mass is 256 g/mol. The Morgan fingerprint density at radius 3 is 2.42 bits per heavy atom. The zero-order chi connectivity index (χ0) is 14.0. The zero-order valence-corrected chi connectivity index (χ0v) is 12.5.